The van der Waals surface area contributed by atoms with Crippen LogP contribution in [0.3, 0.4) is 0 Å². The van der Waals surface area contributed by atoms with Gasteiger partial charge < -0.3 is 14.8 Å². The second-order valence-corrected chi connectivity index (χ2v) is 2.98. The van der Waals surface area contributed by atoms with Gasteiger partial charge in [0.05, 0.1) is 11.8 Å². The van der Waals surface area contributed by atoms with Crippen LogP contribution in [-0.2, 0) is 4.79 Å². The van der Waals surface area contributed by atoms with Crippen molar-refractivity contribution in [2.45, 2.75) is 13.0 Å². The quantitative estimate of drug-likeness (QED) is 0.796. The van der Waals surface area contributed by atoms with Crippen LogP contribution in [0.4, 0.5) is 0 Å². The predicted molar refractivity (Wildman–Crippen MR) is 48.3 cm³/mol. The van der Waals surface area contributed by atoms with Crippen molar-refractivity contribution in [3.8, 4) is 0 Å². The Labute approximate surface area is 84.7 Å². The highest BCUT2D eigenvalue weighted by atomic mass is 35.5. The molecule has 0 bridgehead atoms. The number of carbonyl (C=O) groups excluding carboxylic acids is 1. The summed E-state index contributed by atoms with van der Waals surface area (Å²) in [5.41, 5.74) is 0.125. The van der Waals surface area contributed by atoms with E-state index in [1.54, 1.807) is 0 Å². The first-order chi connectivity index (χ1) is 6.52. The summed E-state index contributed by atoms with van der Waals surface area (Å²) in [6, 6.07) is 0.403. The molecule has 14 heavy (non-hydrogen) atoms. The van der Waals surface area contributed by atoms with E-state index in [1.165, 1.54) is 19.3 Å². The van der Waals surface area contributed by atoms with Crippen molar-refractivity contribution in [2.24, 2.45) is 0 Å². The maximum atomic E-state index is 11.3. The van der Waals surface area contributed by atoms with Gasteiger partial charge in [-0.2, -0.15) is 0 Å². The molecule has 0 spiro atoms. The van der Waals surface area contributed by atoms with Gasteiger partial charge in [0.25, 0.3) is 5.91 Å². The second-order valence-electron chi connectivity index (χ2n) is 2.64. The number of carboxylic acid groups (broad SMARTS) is 1. The Hall–Kier alpha value is -1.49. The Kier molecular flexibility index (Phi) is 3.14. The van der Waals surface area contributed by atoms with Crippen LogP contribution in [0.5, 0.6) is 0 Å². The van der Waals surface area contributed by atoms with Crippen molar-refractivity contribution < 1.29 is 19.1 Å². The number of halogens is 1. The minimum absolute atomic E-state index is 0.0555. The molecule has 1 rings (SSSR count). The Morgan fingerprint density at radius 2 is 2.29 bits per heavy atom. The van der Waals surface area contributed by atoms with Crippen molar-refractivity contribution in [2.75, 3.05) is 0 Å². The summed E-state index contributed by atoms with van der Waals surface area (Å²) in [6.07, 6.45) is 1.25. The van der Waals surface area contributed by atoms with Gasteiger partial charge in [-0.1, -0.05) is 0 Å². The molecule has 0 radical (unpaired) electrons. The van der Waals surface area contributed by atoms with Crippen molar-refractivity contribution in [3.05, 3.63) is 23.1 Å². The number of furan rings is 1. The topological polar surface area (TPSA) is 79.5 Å². The van der Waals surface area contributed by atoms with Crippen molar-refractivity contribution in [1.82, 2.24) is 5.32 Å². The number of aliphatic carboxylic acids is 1. The Bertz CT molecular complexity index is 360. The van der Waals surface area contributed by atoms with Crippen molar-refractivity contribution in [3.63, 3.8) is 0 Å². The molecule has 0 aliphatic carbocycles. The van der Waals surface area contributed by atoms with E-state index in [1.807, 2.05) is 0 Å². The molecule has 0 aromatic carbocycles. The SMILES string of the molecule is C[C@@H](NC(=O)c1ccoc1Cl)C(=O)O. The molecule has 0 fully saturated rings. The van der Waals surface area contributed by atoms with Gasteiger partial charge in [-0.25, -0.2) is 0 Å². The van der Waals surface area contributed by atoms with E-state index in [2.05, 4.69) is 9.73 Å². The summed E-state index contributed by atoms with van der Waals surface area (Å²) in [6.45, 7) is 1.36. The van der Waals surface area contributed by atoms with Crippen LogP contribution >= 0.6 is 11.6 Å². The van der Waals surface area contributed by atoms with Crippen molar-refractivity contribution in [1.29, 1.82) is 0 Å². The average molecular weight is 218 g/mol. The van der Waals surface area contributed by atoms with Gasteiger partial charge in [-0.05, 0) is 24.6 Å². The van der Waals surface area contributed by atoms with E-state index in [-0.39, 0.29) is 10.8 Å². The lowest BCUT2D eigenvalue weighted by Gasteiger charge is -2.07. The van der Waals surface area contributed by atoms with Gasteiger partial charge in [-0.3, -0.25) is 9.59 Å². The Morgan fingerprint density at radius 3 is 2.71 bits per heavy atom. The first-order valence-corrected chi connectivity index (χ1v) is 4.17. The normalized spacial score (nSPS) is 12.1. The van der Waals surface area contributed by atoms with E-state index in [0.717, 1.165) is 0 Å². The molecule has 1 atom stereocenters. The van der Waals surface area contributed by atoms with Crippen LogP contribution in [0.15, 0.2) is 16.7 Å². The minimum atomic E-state index is -1.11. The molecule has 6 heteroatoms. The number of carboxylic acids is 1. The molecule has 0 saturated carbocycles. The maximum absolute atomic E-state index is 11.3. The highest BCUT2D eigenvalue weighted by molar-refractivity contribution is 6.32. The lowest BCUT2D eigenvalue weighted by atomic mass is 10.3. The molecule has 0 unspecified atom stereocenters. The fourth-order valence-corrected chi connectivity index (χ4v) is 0.992. The highest BCUT2D eigenvalue weighted by Crippen LogP contribution is 2.16. The zero-order chi connectivity index (χ0) is 10.7. The minimum Gasteiger partial charge on any atom is -0.480 e. The van der Waals surface area contributed by atoms with Gasteiger partial charge in [0.15, 0.2) is 0 Å². The van der Waals surface area contributed by atoms with Crippen LogP contribution in [0.1, 0.15) is 17.3 Å². The lowest BCUT2D eigenvalue weighted by Crippen LogP contribution is -2.38. The summed E-state index contributed by atoms with van der Waals surface area (Å²) in [7, 11) is 0. The number of hydrogen-bond donors (Lipinski definition) is 2. The highest BCUT2D eigenvalue weighted by Gasteiger charge is 2.18. The van der Waals surface area contributed by atoms with Gasteiger partial charge in [0.1, 0.15) is 6.04 Å². The first-order valence-electron chi connectivity index (χ1n) is 3.79. The zero-order valence-electron chi connectivity index (χ0n) is 7.28. The first kappa shape index (κ1) is 10.6. The Morgan fingerprint density at radius 1 is 1.64 bits per heavy atom. The molecule has 1 aromatic heterocycles. The number of nitrogens with one attached hydrogen (secondary N) is 1. The molecular formula is C8H8ClNO4. The molecular weight excluding hydrogens is 210 g/mol. The molecule has 76 valence electrons. The van der Waals surface area contributed by atoms with Gasteiger partial charge >= 0.3 is 5.97 Å². The van der Waals surface area contributed by atoms with Crippen molar-refractivity contribution >= 4 is 23.5 Å². The maximum Gasteiger partial charge on any atom is 0.325 e. The van der Waals surface area contributed by atoms with Gasteiger partial charge in [0, 0.05) is 0 Å². The molecule has 0 saturated heterocycles. The fraction of sp³-hybridized carbons (Fsp3) is 0.250. The molecule has 1 amide bonds. The molecule has 2 N–H and O–H groups in total. The van der Waals surface area contributed by atoms with E-state index < -0.39 is 17.9 Å². The van der Waals surface area contributed by atoms with E-state index >= 15 is 0 Å². The summed E-state index contributed by atoms with van der Waals surface area (Å²) < 4.78 is 4.68. The van der Waals surface area contributed by atoms with Crippen LogP contribution < -0.4 is 5.32 Å². The molecule has 1 heterocycles. The number of hydrogen-bond acceptors (Lipinski definition) is 3. The number of carbonyl (C=O) groups is 2. The van der Waals surface area contributed by atoms with E-state index in [4.69, 9.17) is 16.7 Å². The smallest absolute Gasteiger partial charge is 0.325 e. The zero-order valence-corrected chi connectivity index (χ0v) is 8.04. The largest absolute Gasteiger partial charge is 0.480 e. The average Bonchev–Trinajstić information content (AvgIpc) is 2.51. The van der Waals surface area contributed by atoms with E-state index in [9.17, 15) is 9.59 Å². The second kappa shape index (κ2) is 4.15. The monoisotopic (exact) mass is 217 g/mol. The fourth-order valence-electron chi connectivity index (χ4n) is 0.792. The number of rotatable bonds is 3. The Balaban J connectivity index is 2.69. The van der Waals surface area contributed by atoms with Crippen LogP contribution in [0.25, 0.3) is 0 Å². The predicted octanol–water partition coefficient (Wildman–Crippen LogP) is 1.14. The molecule has 5 nitrogen and oxygen atoms in total. The van der Waals surface area contributed by atoms with Crippen LogP contribution in [-0.4, -0.2) is 23.0 Å². The van der Waals surface area contributed by atoms with Crippen LogP contribution in [0.2, 0.25) is 5.22 Å². The molecule has 1 aromatic rings. The molecule has 0 aliphatic heterocycles. The standard InChI is InChI=1S/C8H8ClNO4/c1-4(8(12)13)10-7(11)5-2-3-14-6(5)9/h2-4H,1H3,(H,10,11)(H,12,13)/t4-/m1/s1. The summed E-state index contributed by atoms with van der Waals surface area (Å²) in [4.78, 5) is 21.7. The third-order valence-electron chi connectivity index (χ3n) is 1.58. The molecule has 0 aliphatic rings. The number of amides is 1. The summed E-state index contributed by atoms with van der Waals surface area (Å²) in [5, 5.41) is 10.7. The summed E-state index contributed by atoms with van der Waals surface area (Å²) in [5.74, 6) is -1.68. The third kappa shape index (κ3) is 2.26. The third-order valence-corrected chi connectivity index (χ3v) is 1.87. The van der Waals surface area contributed by atoms with Gasteiger partial charge in [-0.15, -0.1) is 0 Å². The van der Waals surface area contributed by atoms with Gasteiger partial charge in [0.2, 0.25) is 5.22 Å². The lowest BCUT2D eigenvalue weighted by molar-refractivity contribution is -0.138. The van der Waals surface area contributed by atoms with E-state index in [0.29, 0.717) is 0 Å². The van der Waals surface area contributed by atoms with Crippen LogP contribution in [0, 0.1) is 0 Å². The summed E-state index contributed by atoms with van der Waals surface area (Å²) >= 11 is 5.52.